The summed E-state index contributed by atoms with van der Waals surface area (Å²) >= 11 is 5.43. The summed E-state index contributed by atoms with van der Waals surface area (Å²) in [5.41, 5.74) is -1.30. The van der Waals surface area contributed by atoms with Gasteiger partial charge in [-0.1, -0.05) is 11.6 Å². The third-order valence-electron chi connectivity index (χ3n) is 3.39. The van der Waals surface area contributed by atoms with E-state index in [1.807, 2.05) is 0 Å². The summed E-state index contributed by atoms with van der Waals surface area (Å²) in [6, 6.07) is 1.50. The second kappa shape index (κ2) is 6.03. The molecule has 20 heavy (non-hydrogen) atoms. The number of aliphatic hydroxyl groups is 1. The zero-order chi connectivity index (χ0) is 14.8. The van der Waals surface area contributed by atoms with E-state index in [-0.39, 0.29) is 11.6 Å². The number of aliphatic hydroxyl groups excluding tert-OH is 1. The van der Waals surface area contributed by atoms with Gasteiger partial charge >= 0.3 is 0 Å². The van der Waals surface area contributed by atoms with E-state index in [1.54, 1.807) is 0 Å². The largest absolute Gasteiger partial charge is 0.394 e. The molecule has 1 aromatic carbocycles. The summed E-state index contributed by atoms with van der Waals surface area (Å²) < 4.78 is 32.2. The fourth-order valence-corrected chi connectivity index (χ4v) is 2.24. The van der Waals surface area contributed by atoms with E-state index in [1.165, 1.54) is 0 Å². The minimum Gasteiger partial charge on any atom is -0.394 e. The number of nitrogens with one attached hydrogen (secondary N) is 1. The SMILES string of the molecule is O=C(NC1(CO)CCOCC1)c1cc(F)c(Cl)cc1F. The van der Waals surface area contributed by atoms with Crippen LogP contribution in [0.15, 0.2) is 12.1 Å². The van der Waals surface area contributed by atoms with E-state index in [9.17, 15) is 18.7 Å². The van der Waals surface area contributed by atoms with Gasteiger partial charge in [-0.15, -0.1) is 0 Å². The first-order chi connectivity index (χ1) is 9.47. The topological polar surface area (TPSA) is 58.6 Å². The van der Waals surface area contributed by atoms with Crippen LogP contribution in [0.1, 0.15) is 23.2 Å². The summed E-state index contributed by atoms with van der Waals surface area (Å²) in [5.74, 6) is -2.56. The van der Waals surface area contributed by atoms with Crippen LogP contribution in [0.4, 0.5) is 8.78 Å². The van der Waals surface area contributed by atoms with Gasteiger partial charge in [0, 0.05) is 13.2 Å². The number of ether oxygens (including phenoxy) is 1. The Morgan fingerprint density at radius 2 is 2.00 bits per heavy atom. The highest BCUT2D eigenvalue weighted by molar-refractivity contribution is 6.30. The van der Waals surface area contributed by atoms with Gasteiger partial charge in [0.25, 0.3) is 5.91 Å². The minimum absolute atomic E-state index is 0.292. The average molecular weight is 306 g/mol. The van der Waals surface area contributed by atoms with Crippen LogP contribution in [-0.2, 0) is 4.74 Å². The smallest absolute Gasteiger partial charge is 0.254 e. The summed E-state index contributed by atoms with van der Waals surface area (Å²) in [5, 5.41) is 11.6. The van der Waals surface area contributed by atoms with Gasteiger partial charge in [-0.05, 0) is 25.0 Å². The molecule has 110 valence electrons. The maximum absolute atomic E-state index is 13.7. The number of benzene rings is 1. The molecule has 0 atom stereocenters. The molecule has 0 unspecified atom stereocenters. The van der Waals surface area contributed by atoms with Gasteiger partial charge in [0.05, 0.1) is 22.7 Å². The lowest BCUT2D eigenvalue weighted by Gasteiger charge is -2.36. The molecule has 1 heterocycles. The standard InChI is InChI=1S/C13H14ClF2NO3/c14-9-6-10(15)8(5-11(9)16)12(19)17-13(7-18)1-3-20-4-2-13/h5-6,18H,1-4,7H2,(H,17,19). The third kappa shape index (κ3) is 3.08. The number of amides is 1. The molecule has 2 rings (SSSR count). The average Bonchev–Trinajstić information content (AvgIpc) is 2.43. The van der Waals surface area contributed by atoms with Crippen LogP contribution in [0.3, 0.4) is 0 Å². The Morgan fingerprint density at radius 3 is 2.60 bits per heavy atom. The van der Waals surface area contributed by atoms with Crippen molar-refractivity contribution in [3.63, 3.8) is 0 Å². The van der Waals surface area contributed by atoms with Crippen molar-refractivity contribution >= 4 is 17.5 Å². The zero-order valence-electron chi connectivity index (χ0n) is 10.6. The Morgan fingerprint density at radius 1 is 1.35 bits per heavy atom. The molecule has 0 spiro atoms. The Hall–Kier alpha value is -1.24. The number of hydrogen-bond donors (Lipinski definition) is 2. The van der Waals surface area contributed by atoms with Crippen LogP contribution in [0.25, 0.3) is 0 Å². The Balaban J connectivity index is 2.21. The number of halogens is 3. The summed E-state index contributed by atoms with van der Waals surface area (Å²) in [4.78, 5) is 12.0. The number of carbonyl (C=O) groups is 1. The summed E-state index contributed by atoms with van der Waals surface area (Å²) in [6.07, 6.45) is 0.819. The van der Waals surface area contributed by atoms with Crippen molar-refractivity contribution in [2.24, 2.45) is 0 Å². The first-order valence-electron chi connectivity index (χ1n) is 6.13. The molecule has 0 saturated carbocycles. The molecular formula is C13H14ClF2NO3. The van der Waals surface area contributed by atoms with E-state index < -0.39 is 28.6 Å². The van der Waals surface area contributed by atoms with E-state index >= 15 is 0 Å². The highest BCUT2D eigenvalue weighted by Crippen LogP contribution is 2.23. The molecule has 0 radical (unpaired) electrons. The van der Waals surface area contributed by atoms with Crippen molar-refractivity contribution in [3.8, 4) is 0 Å². The highest BCUT2D eigenvalue weighted by atomic mass is 35.5. The Labute approximate surface area is 119 Å². The third-order valence-corrected chi connectivity index (χ3v) is 3.68. The quantitative estimate of drug-likeness (QED) is 0.839. The molecule has 0 aliphatic carbocycles. The predicted octanol–water partition coefficient (Wildman–Crippen LogP) is 1.89. The summed E-state index contributed by atoms with van der Waals surface area (Å²) in [7, 11) is 0. The van der Waals surface area contributed by atoms with Gasteiger partial charge in [0.1, 0.15) is 11.6 Å². The monoisotopic (exact) mass is 305 g/mol. The summed E-state index contributed by atoms with van der Waals surface area (Å²) in [6.45, 7) is 0.483. The molecular weight excluding hydrogens is 292 g/mol. The minimum atomic E-state index is -0.908. The van der Waals surface area contributed by atoms with Gasteiger partial charge in [-0.3, -0.25) is 4.79 Å². The molecule has 0 bridgehead atoms. The van der Waals surface area contributed by atoms with Gasteiger partial charge in [-0.2, -0.15) is 0 Å². The van der Waals surface area contributed by atoms with E-state index in [0.29, 0.717) is 26.1 Å². The lowest BCUT2D eigenvalue weighted by Crippen LogP contribution is -2.54. The molecule has 2 N–H and O–H groups in total. The normalized spacial score (nSPS) is 17.8. The van der Waals surface area contributed by atoms with Crippen LogP contribution in [0.5, 0.6) is 0 Å². The highest BCUT2D eigenvalue weighted by Gasteiger charge is 2.34. The van der Waals surface area contributed by atoms with Crippen LogP contribution in [-0.4, -0.2) is 36.4 Å². The van der Waals surface area contributed by atoms with Crippen molar-refractivity contribution < 1.29 is 23.4 Å². The molecule has 1 aromatic rings. The van der Waals surface area contributed by atoms with Crippen molar-refractivity contribution in [3.05, 3.63) is 34.4 Å². The number of carbonyl (C=O) groups excluding carboxylic acids is 1. The first kappa shape index (κ1) is 15.2. The van der Waals surface area contributed by atoms with Crippen molar-refractivity contribution in [2.75, 3.05) is 19.8 Å². The van der Waals surface area contributed by atoms with E-state index in [0.717, 1.165) is 12.1 Å². The van der Waals surface area contributed by atoms with Gasteiger partial charge in [0.15, 0.2) is 0 Å². The second-order valence-corrected chi connectivity index (χ2v) is 5.16. The second-order valence-electron chi connectivity index (χ2n) is 4.75. The van der Waals surface area contributed by atoms with Gasteiger partial charge in [-0.25, -0.2) is 8.78 Å². The molecule has 7 heteroatoms. The lowest BCUT2D eigenvalue weighted by molar-refractivity contribution is 0.0124. The molecule has 1 amide bonds. The molecule has 1 aliphatic heterocycles. The Kier molecular flexibility index (Phi) is 4.57. The Bertz CT molecular complexity index is 519. The van der Waals surface area contributed by atoms with Crippen molar-refractivity contribution in [1.29, 1.82) is 0 Å². The molecule has 0 aromatic heterocycles. The van der Waals surface area contributed by atoms with E-state index in [2.05, 4.69) is 5.32 Å². The van der Waals surface area contributed by atoms with Crippen LogP contribution < -0.4 is 5.32 Å². The lowest BCUT2D eigenvalue weighted by atomic mass is 9.90. The van der Waals surface area contributed by atoms with Gasteiger partial charge < -0.3 is 15.2 Å². The van der Waals surface area contributed by atoms with Crippen LogP contribution in [0.2, 0.25) is 5.02 Å². The predicted molar refractivity (Wildman–Crippen MR) is 68.7 cm³/mol. The molecule has 1 aliphatic rings. The van der Waals surface area contributed by atoms with Crippen LogP contribution in [0, 0.1) is 11.6 Å². The first-order valence-corrected chi connectivity index (χ1v) is 6.51. The van der Waals surface area contributed by atoms with Gasteiger partial charge in [0.2, 0.25) is 0 Å². The van der Waals surface area contributed by atoms with Crippen molar-refractivity contribution in [2.45, 2.75) is 18.4 Å². The zero-order valence-corrected chi connectivity index (χ0v) is 11.3. The molecule has 4 nitrogen and oxygen atoms in total. The van der Waals surface area contributed by atoms with Crippen molar-refractivity contribution in [1.82, 2.24) is 5.32 Å². The number of rotatable bonds is 3. The van der Waals surface area contributed by atoms with Crippen LogP contribution >= 0.6 is 11.6 Å². The maximum atomic E-state index is 13.7. The fourth-order valence-electron chi connectivity index (χ4n) is 2.09. The fraction of sp³-hybridized carbons (Fsp3) is 0.462. The van der Waals surface area contributed by atoms with E-state index in [4.69, 9.17) is 16.3 Å². The number of hydrogen-bond acceptors (Lipinski definition) is 3. The maximum Gasteiger partial charge on any atom is 0.254 e. The molecule has 1 saturated heterocycles. The molecule has 1 fully saturated rings.